The second-order valence-corrected chi connectivity index (χ2v) is 3.56. The summed E-state index contributed by atoms with van der Waals surface area (Å²) in [6.07, 6.45) is -7.31. The molecule has 1 aromatic rings. The van der Waals surface area contributed by atoms with Crippen molar-refractivity contribution in [2.45, 2.75) is 19.2 Å². The fourth-order valence-corrected chi connectivity index (χ4v) is 1.22. The average molecular weight is 251 g/mol. The predicted molar refractivity (Wildman–Crippen MR) is 52.3 cm³/mol. The number of aryl methyl sites for hydroxylation is 2. The molecular weight excluding hydrogens is 239 g/mol. The third-order valence-corrected chi connectivity index (χ3v) is 2.07. The molecule has 1 aromatic heterocycles. The van der Waals surface area contributed by atoms with Crippen LogP contribution in [0.5, 0.6) is 0 Å². The predicted octanol–water partition coefficient (Wildman–Crippen LogP) is 0.382. The van der Waals surface area contributed by atoms with Crippen molar-refractivity contribution >= 4 is 5.91 Å². The second kappa shape index (κ2) is 4.74. The highest BCUT2D eigenvalue weighted by molar-refractivity contribution is 5.92. The molecule has 0 saturated heterocycles. The Bertz CT molecular complexity index is 414. The molecule has 0 saturated carbocycles. The van der Waals surface area contributed by atoms with E-state index in [1.807, 2.05) is 5.32 Å². The molecule has 1 heterocycles. The number of rotatable bonds is 3. The zero-order valence-corrected chi connectivity index (χ0v) is 9.25. The third kappa shape index (κ3) is 3.45. The Hall–Kier alpha value is -1.57. The zero-order valence-electron chi connectivity index (χ0n) is 9.25. The highest BCUT2D eigenvalue weighted by atomic mass is 19.4. The summed E-state index contributed by atoms with van der Waals surface area (Å²) in [4.78, 5) is 11.5. The van der Waals surface area contributed by atoms with E-state index in [2.05, 4.69) is 5.10 Å². The van der Waals surface area contributed by atoms with Crippen LogP contribution in [0.2, 0.25) is 0 Å². The van der Waals surface area contributed by atoms with Gasteiger partial charge >= 0.3 is 6.18 Å². The summed E-state index contributed by atoms with van der Waals surface area (Å²) in [5.74, 6) is -0.712. The van der Waals surface area contributed by atoms with Crippen LogP contribution in [0, 0.1) is 6.92 Å². The van der Waals surface area contributed by atoms with Gasteiger partial charge in [-0.15, -0.1) is 0 Å². The summed E-state index contributed by atoms with van der Waals surface area (Å²) in [6.45, 7) is 0.772. The first-order chi connectivity index (χ1) is 7.71. The normalized spacial score (nSPS) is 13.5. The fourth-order valence-electron chi connectivity index (χ4n) is 1.22. The lowest BCUT2D eigenvalue weighted by molar-refractivity contribution is -0.201. The SMILES string of the molecule is Cc1cc(C(=O)NCC(O)C(F)(F)F)n(C)n1. The van der Waals surface area contributed by atoms with E-state index in [0.717, 1.165) is 0 Å². The molecule has 0 aliphatic heterocycles. The maximum absolute atomic E-state index is 12.0. The van der Waals surface area contributed by atoms with Gasteiger partial charge in [0.05, 0.1) is 12.2 Å². The number of aliphatic hydroxyl groups is 1. The molecule has 1 atom stereocenters. The molecule has 0 aliphatic rings. The van der Waals surface area contributed by atoms with Gasteiger partial charge in [0.2, 0.25) is 0 Å². The maximum atomic E-state index is 12.0. The van der Waals surface area contributed by atoms with E-state index in [4.69, 9.17) is 5.11 Å². The largest absolute Gasteiger partial charge is 0.416 e. The Balaban J connectivity index is 2.60. The molecule has 17 heavy (non-hydrogen) atoms. The number of carbonyl (C=O) groups excluding carboxylic acids is 1. The minimum Gasteiger partial charge on any atom is -0.382 e. The lowest BCUT2D eigenvalue weighted by atomic mass is 10.3. The van der Waals surface area contributed by atoms with E-state index in [-0.39, 0.29) is 5.69 Å². The van der Waals surface area contributed by atoms with Crippen molar-refractivity contribution in [1.82, 2.24) is 15.1 Å². The Morgan fingerprint density at radius 3 is 2.65 bits per heavy atom. The number of hydrogen-bond donors (Lipinski definition) is 2. The van der Waals surface area contributed by atoms with Crippen LogP contribution in [0.4, 0.5) is 13.2 Å². The first-order valence-electron chi connectivity index (χ1n) is 4.75. The molecule has 1 amide bonds. The molecule has 0 aromatic carbocycles. The standard InChI is InChI=1S/C9H12F3N3O2/c1-5-3-6(15(2)14-5)8(17)13-4-7(16)9(10,11)12/h3,7,16H,4H2,1-2H3,(H,13,17). The highest BCUT2D eigenvalue weighted by Gasteiger charge is 2.38. The lowest BCUT2D eigenvalue weighted by Crippen LogP contribution is -2.41. The van der Waals surface area contributed by atoms with Gasteiger partial charge in [-0.05, 0) is 13.0 Å². The first-order valence-corrected chi connectivity index (χ1v) is 4.75. The molecule has 0 radical (unpaired) electrons. The summed E-state index contributed by atoms with van der Waals surface area (Å²) in [5.41, 5.74) is 0.714. The van der Waals surface area contributed by atoms with Crippen LogP contribution in [0.25, 0.3) is 0 Å². The van der Waals surface area contributed by atoms with Crippen molar-refractivity contribution in [2.75, 3.05) is 6.54 Å². The molecule has 0 aliphatic carbocycles. The molecule has 0 spiro atoms. The first kappa shape index (κ1) is 13.5. The van der Waals surface area contributed by atoms with Crippen LogP contribution < -0.4 is 5.32 Å². The average Bonchev–Trinajstić information content (AvgIpc) is 2.52. The quantitative estimate of drug-likeness (QED) is 0.816. The minimum atomic E-state index is -4.74. The van der Waals surface area contributed by atoms with Gasteiger partial charge < -0.3 is 10.4 Å². The molecule has 1 unspecified atom stereocenters. The van der Waals surface area contributed by atoms with Gasteiger partial charge in [0.1, 0.15) is 5.69 Å². The topological polar surface area (TPSA) is 67.2 Å². The summed E-state index contributed by atoms with van der Waals surface area (Å²) in [6, 6.07) is 1.44. The van der Waals surface area contributed by atoms with E-state index >= 15 is 0 Å². The maximum Gasteiger partial charge on any atom is 0.416 e. The molecule has 8 heteroatoms. The second-order valence-electron chi connectivity index (χ2n) is 3.56. The molecule has 0 fully saturated rings. The summed E-state index contributed by atoms with van der Waals surface area (Å²) in [5, 5.41) is 14.6. The van der Waals surface area contributed by atoms with Gasteiger partial charge in [-0.3, -0.25) is 9.48 Å². The Morgan fingerprint density at radius 2 is 2.24 bits per heavy atom. The van der Waals surface area contributed by atoms with Gasteiger partial charge in [0.15, 0.2) is 6.10 Å². The molecule has 0 bridgehead atoms. The van der Waals surface area contributed by atoms with E-state index in [9.17, 15) is 18.0 Å². The molecular formula is C9H12F3N3O2. The Morgan fingerprint density at radius 1 is 1.65 bits per heavy atom. The van der Waals surface area contributed by atoms with Crippen molar-refractivity contribution < 1.29 is 23.1 Å². The fraction of sp³-hybridized carbons (Fsp3) is 0.556. The number of alkyl halides is 3. The van der Waals surface area contributed by atoms with Crippen molar-refractivity contribution in [3.8, 4) is 0 Å². The summed E-state index contributed by atoms with van der Waals surface area (Å²) in [7, 11) is 1.50. The van der Waals surface area contributed by atoms with Crippen LogP contribution in [-0.2, 0) is 7.05 Å². The van der Waals surface area contributed by atoms with Gasteiger partial charge in [0.25, 0.3) is 5.91 Å². The number of halogens is 3. The van der Waals surface area contributed by atoms with Crippen LogP contribution in [-0.4, -0.2) is 39.6 Å². The Labute approximate surface area is 95.2 Å². The number of amides is 1. The number of nitrogens with one attached hydrogen (secondary N) is 1. The van der Waals surface area contributed by atoms with Gasteiger partial charge in [0, 0.05) is 7.05 Å². The Kier molecular flexibility index (Phi) is 3.76. The number of aromatic nitrogens is 2. The number of hydrogen-bond acceptors (Lipinski definition) is 3. The smallest absolute Gasteiger partial charge is 0.382 e. The number of carbonyl (C=O) groups is 1. The monoisotopic (exact) mass is 251 g/mol. The van der Waals surface area contributed by atoms with E-state index in [1.54, 1.807) is 6.92 Å². The third-order valence-electron chi connectivity index (χ3n) is 2.07. The summed E-state index contributed by atoms with van der Waals surface area (Å²) < 4.78 is 37.2. The summed E-state index contributed by atoms with van der Waals surface area (Å²) >= 11 is 0. The van der Waals surface area contributed by atoms with Crippen LogP contribution in [0.3, 0.4) is 0 Å². The molecule has 2 N–H and O–H groups in total. The van der Waals surface area contributed by atoms with Crippen molar-refractivity contribution in [3.63, 3.8) is 0 Å². The van der Waals surface area contributed by atoms with Crippen LogP contribution in [0.1, 0.15) is 16.2 Å². The molecule has 5 nitrogen and oxygen atoms in total. The van der Waals surface area contributed by atoms with Crippen LogP contribution in [0.15, 0.2) is 6.07 Å². The molecule has 96 valence electrons. The van der Waals surface area contributed by atoms with E-state index in [1.165, 1.54) is 17.8 Å². The lowest BCUT2D eigenvalue weighted by Gasteiger charge is -2.14. The van der Waals surface area contributed by atoms with Crippen molar-refractivity contribution in [2.24, 2.45) is 7.05 Å². The number of nitrogens with zero attached hydrogens (tertiary/aromatic N) is 2. The van der Waals surface area contributed by atoms with E-state index < -0.39 is 24.7 Å². The van der Waals surface area contributed by atoms with Crippen LogP contribution >= 0.6 is 0 Å². The molecule has 1 rings (SSSR count). The van der Waals surface area contributed by atoms with Crippen molar-refractivity contribution in [1.29, 1.82) is 0 Å². The highest BCUT2D eigenvalue weighted by Crippen LogP contribution is 2.19. The van der Waals surface area contributed by atoms with E-state index in [0.29, 0.717) is 5.69 Å². The number of aliphatic hydroxyl groups excluding tert-OH is 1. The van der Waals surface area contributed by atoms with Gasteiger partial charge in [-0.1, -0.05) is 0 Å². The zero-order chi connectivity index (χ0) is 13.2. The minimum absolute atomic E-state index is 0.136. The van der Waals surface area contributed by atoms with Crippen molar-refractivity contribution in [3.05, 3.63) is 17.5 Å². The van der Waals surface area contributed by atoms with Gasteiger partial charge in [-0.25, -0.2) is 0 Å². The van der Waals surface area contributed by atoms with Gasteiger partial charge in [-0.2, -0.15) is 18.3 Å².